The third kappa shape index (κ3) is 6.68. The second-order valence-corrected chi connectivity index (χ2v) is 6.77. The Morgan fingerprint density at radius 1 is 1.25 bits per heavy atom. The van der Waals surface area contributed by atoms with Gasteiger partial charge in [0.05, 0.1) is 11.7 Å². The number of aliphatic hydroxyl groups excluding tert-OH is 1. The lowest BCUT2D eigenvalue weighted by Crippen LogP contribution is -2.37. The van der Waals surface area contributed by atoms with Gasteiger partial charge in [0.2, 0.25) is 0 Å². The fourth-order valence-electron chi connectivity index (χ4n) is 3.09. The van der Waals surface area contributed by atoms with Gasteiger partial charge in [-0.3, -0.25) is 9.69 Å². The van der Waals surface area contributed by atoms with Crippen LogP contribution in [0.4, 0.5) is 0 Å². The van der Waals surface area contributed by atoms with E-state index >= 15 is 0 Å². The summed E-state index contributed by atoms with van der Waals surface area (Å²) in [6.07, 6.45) is 2.92. The van der Waals surface area contributed by atoms with Crippen molar-refractivity contribution in [1.82, 2.24) is 4.90 Å². The molecule has 4 N–H and O–H groups in total. The first-order valence-corrected chi connectivity index (χ1v) is 9.12. The lowest BCUT2D eigenvalue weighted by molar-refractivity contribution is 0.0958. The maximum Gasteiger partial charge on any atom is 0.252 e. The molecule has 0 aliphatic carbocycles. The first-order chi connectivity index (χ1) is 12.9. The van der Waals surface area contributed by atoms with Gasteiger partial charge in [-0.1, -0.05) is 42.5 Å². The van der Waals surface area contributed by atoms with Crippen LogP contribution in [0.2, 0.25) is 0 Å². The number of amides is 1. The summed E-state index contributed by atoms with van der Waals surface area (Å²) in [6.45, 7) is 6.98. The minimum absolute atomic E-state index is 0. The molecule has 0 radical (unpaired) electrons. The average molecular weight is 405 g/mol. The van der Waals surface area contributed by atoms with Crippen LogP contribution in [0.25, 0.3) is 0 Å². The van der Waals surface area contributed by atoms with Gasteiger partial charge in [0.25, 0.3) is 5.91 Å². The Kier molecular flexibility index (Phi) is 9.73. The molecular weight excluding hydrogens is 376 g/mol. The van der Waals surface area contributed by atoms with Crippen molar-refractivity contribution in [3.63, 3.8) is 0 Å². The number of rotatable bonds is 10. The molecule has 2 aromatic carbocycles. The van der Waals surface area contributed by atoms with Crippen LogP contribution in [0.3, 0.4) is 0 Å². The second-order valence-electron chi connectivity index (χ2n) is 6.77. The molecule has 1 amide bonds. The number of hydrogen-bond acceptors (Lipinski definition) is 4. The summed E-state index contributed by atoms with van der Waals surface area (Å²) in [6, 6.07) is 15.0. The lowest BCUT2D eigenvalue weighted by Gasteiger charge is -2.30. The number of aromatic hydroxyl groups is 1. The number of phenols is 1. The summed E-state index contributed by atoms with van der Waals surface area (Å²) >= 11 is 0. The van der Waals surface area contributed by atoms with Crippen molar-refractivity contribution in [3.8, 4) is 5.75 Å². The summed E-state index contributed by atoms with van der Waals surface area (Å²) in [7, 11) is 0. The number of primary amides is 1. The number of carbonyl (C=O) groups is 1. The number of carbonyl (C=O) groups excluding carboxylic acids is 1. The summed E-state index contributed by atoms with van der Waals surface area (Å²) in [5.41, 5.74) is 7.12. The van der Waals surface area contributed by atoms with E-state index in [4.69, 9.17) is 5.73 Å². The van der Waals surface area contributed by atoms with Gasteiger partial charge in [-0.25, -0.2) is 0 Å². The van der Waals surface area contributed by atoms with Crippen molar-refractivity contribution in [2.45, 2.75) is 31.9 Å². The minimum Gasteiger partial charge on any atom is -0.507 e. The van der Waals surface area contributed by atoms with Crippen molar-refractivity contribution < 1.29 is 15.0 Å². The highest BCUT2D eigenvalue weighted by molar-refractivity contribution is 5.95. The summed E-state index contributed by atoms with van der Waals surface area (Å²) in [4.78, 5) is 13.6. The molecule has 2 rings (SSSR count). The third-order valence-corrected chi connectivity index (χ3v) is 4.76. The quantitative estimate of drug-likeness (QED) is 0.529. The van der Waals surface area contributed by atoms with Crippen LogP contribution in [0.5, 0.6) is 5.75 Å². The van der Waals surface area contributed by atoms with E-state index in [0.717, 1.165) is 12.8 Å². The van der Waals surface area contributed by atoms with E-state index in [1.807, 2.05) is 24.3 Å². The predicted molar refractivity (Wildman–Crippen MR) is 115 cm³/mol. The molecule has 0 aliphatic rings. The maximum absolute atomic E-state index is 11.4. The fraction of sp³-hybridized carbons (Fsp3) is 0.318. The van der Waals surface area contributed by atoms with Crippen LogP contribution in [0, 0.1) is 0 Å². The molecule has 2 unspecified atom stereocenters. The van der Waals surface area contributed by atoms with Gasteiger partial charge in [0.1, 0.15) is 5.75 Å². The number of hydrogen-bond donors (Lipinski definition) is 3. The molecule has 0 aliphatic heterocycles. The van der Waals surface area contributed by atoms with E-state index in [-0.39, 0.29) is 29.8 Å². The average Bonchev–Trinajstić information content (AvgIpc) is 2.66. The van der Waals surface area contributed by atoms with Crippen LogP contribution >= 0.6 is 12.4 Å². The zero-order valence-electron chi connectivity index (χ0n) is 16.1. The molecular formula is C22H29ClN2O3. The van der Waals surface area contributed by atoms with E-state index in [1.165, 1.54) is 17.7 Å². The maximum atomic E-state index is 11.4. The zero-order valence-corrected chi connectivity index (χ0v) is 16.9. The molecule has 5 nitrogen and oxygen atoms in total. The van der Waals surface area contributed by atoms with E-state index in [2.05, 4.69) is 30.5 Å². The first-order valence-electron chi connectivity index (χ1n) is 9.12. The number of aryl methyl sites for hydroxylation is 1. The van der Waals surface area contributed by atoms with Crippen molar-refractivity contribution in [1.29, 1.82) is 0 Å². The van der Waals surface area contributed by atoms with Crippen LogP contribution in [-0.4, -0.2) is 40.2 Å². The molecule has 2 aromatic rings. The van der Waals surface area contributed by atoms with Crippen LogP contribution in [-0.2, 0) is 6.42 Å². The molecule has 0 bridgehead atoms. The summed E-state index contributed by atoms with van der Waals surface area (Å²) in [5, 5.41) is 20.4. The number of nitrogens with zero attached hydrogens (tertiary/aromatic N) is 1. The molecule has 2 atom stereocenters. The Labute approximate surface area is 172 Å². The van der Waals surface area contributed by atoms with Gasteiger partial charge in [0, 0.05) is 19.1 Å². The normalized spacial score (nSPS) is 12.8. The van der Waals surface area contributed by atoms with Gasteiger partial charge >= 0.3 is 0 Å². The molecule has 6 heteroatoms. The Bertz CT molecular complexity index is 768. The van der Waals surface area contributed by atoms with E-state index in [9.17, 15) is 15.0 Å². The molecule has 0 saturated heterocycles. The Balaban J connectivity index is 0.00000392. The number of nitrogens with two attached hydrogens (primary N) is 1. The largest absolute Gasteiger partial charge is 0.507 e. The smallest absolute Gasteiger partial charge is 0.252 e. The highest BCUT2D eigenvalue weighted by atomic mass is 35.5. The number of halogens is 1. The Morgan fingerprint density at radius 2 is 1.93 bits per heavy atom. The summed E-state index contributed by atoms with van der Waals surface area (Å²) in [5.74, 6) is -0.904. The summed E-state index contributed by atoms with van der Waals surface area (Å²) < 4.78 is 0. The molecule has 0 heterocycles. The molecule has 0 spiro atoms. The van der Waals surface area contributed by atoms with Gasteiger partial charge in [-0.2, -0.15) is 0 Å². The number of aliphatic hydroxyl groups is 1. The van der Waals surface area contributed by atoms with Gasteiger partial charge in [0.15, 0.2) is 0 Å². The van der Waals surface area contributed by atoms with Gasteiger partial charge in [-0.05, 0) is 43.0 Å². The Hall–Kier alpha value is -2.34. The highest BCUT2D eigenvalue weighted by Crippen LogP contribution is 2.23. The van der Waals surface area contributed by atoms with E-state index < -0.39 is 12.0 Å². The van der Waals surface area contributed by atoms with Crippen LogP contribution in [0.15, 0.2) is 61.2 Å². The monoisotopic (exact) mass is 404 g/mol. The van der Waals surface area contributed by atoms with Crippen LogP contribution in [0.1, 0.15) is 40.9 Å². The highest BCUT2D eigenvalue weighted by Gasteiger charge is 2.19. The zero-order chi connectivity index (χ0) is 19.8. The topological polar surface area (TPSA) is 86.8 Å². The molecule has 152 valence electrons. The van der Waals surface area contributed by atoms with E-state index in [1.54, 1.807) is 6.07 Å². The standard InChI is InChI=1S/C22H28N2O3.ClH/c1-3-13-24(16(2)9-10-17-7-5-4-6-8-17)15-21(26)18-11-12-20(25)19(14-18)22(23)27;/h3-8,11-12,14,16,21,25-26H,1,9-10,13,15H2,2H3,(H2,23,27);1H. The van der Waals surface area contributed by atoms with E-state index in [0.29, 0.717) is 18.7 Å². The van der Waals surface area contributed by atoms with Gasteiger partial charge < -0.3 is 15.9 Å². The van der Waals surface area contributed by atoms with Crippen molar-refractivity contribution in [2.24, 2.45) is 5.73 Å². The lowest BCUT2D eigenvalue weighted by atomic mass is 10.0. The fourth-order valence-corrected chi connectivity index (χ4v) is 3.09. The van der Waals surface area contributed by atoms with Crippen molar-refractivity contribution >= 4 is 18.3 Å². The predicted octanol–water partition coefficient (Wildman–Crippen LogP) is 3.46. The second kappa shape index (κ2) is 11.5. The third-order valence-electron chi connectivity index (χ3n) is 4.76. The molecule has 28 heavy (non-hydrogen) atoms. The van der Waals surface area contributed by atoms with Crippen molar-refractivity contribution in [2.75, 3.05) is 13.1 Å². The first kappa shape index (κ1) is 23.7. The molecule has 0 aromatic heterocycles. The Morgan fingerprint density at radius 3 is 2.54 bits per heavy atom. The number of benzene rings is 2. The minimum atomic E-state index is -0.803. The van der Waals surface area contributed by atoms with Crippen molar-refractivity contribution in [3.05, 3.63) is 77.9 Å². The van der Waals surface area contributed by atoms with Gasteiger partial charge in [-0.15, -0.1) is 19.0 Å². The molecule has 0 fully saturated rings. The molecule has 0 saturated carbocycles. The SMILES string of the molecule is C=CCN(CC(O)c1ccc(O)c(C(N)=O)c1)C(C)CCc1ccccc1.Cl. The van der Waals surface area contributed by atoms with Crippen LogP contribution < -0.4 is 5.73 Å².